The number of hydrogen-bond acceptors (Lipinski definition) is 5. The van der Waals surface area contributed by atoms with Gasteiger partial charge in [0.1, 0.15) is 11.3 Å². The van der Waals surface area contributed by atoms with E-state index in [1.807, 2.05) is 4.72 Å². The number of carbonyl (C=O) groups is 2. The molecule has 10 heteroatoms. The molecule has 0 radical (unpaired) electrons. The summed E-state index contributed by atoms with van der Waals surface area (Å²) in [7, 11) is -4.32. The summed E-state index contributed by atoms with van der Waals surface area (Å²) < 4.78 is 56.1. The molecule has 30 heavy (non-hydrogen) atoms. The number of carbonyl (C=O) groups excluding carboxylic acids is 2. The molecule has 1 unspecified atom stereocenters. The standard InChI is InChI=1S/C20H26F2N2O5S/c1-20(10-11-24(20)17(25)12-14-6-3-2-4-7-14)18(26)23-30(27,28)16-9-5-8-15(13-16)29-19(21)22/h5,8-9,13-14,19H,2-4,6-7,10-12H2,1H3,(H,23,26). The molecule has 3 rings (SSSR count). The van der Waals surface area contributed by atoms with E-state index in [-0.39, 0.29) is 16.6 Å². The van der Waals surface area contributed by atoms with E-state index >= 15 is 0 Å². The molecule has 2 amide bonds. The third-order valence-corrected chi connectivity index (χ3v) is 7.29. The third-order valence-electron chi connectivity index (χ3n) is 5.96. The monoisotopic (exact) mass is 444 g/mol. The molecule has 1 heterocycles. The number of rotatable bonds is 7. The van der Waals surface area contributed by atoms with Crippen molar-refractivity contribution < 1.29 is 31.5 Å². The van der Waals surface area contributed by atoms with Gasteiger partial charge in [-0.15, -0.1) is 0 Å². The fourth-order valence-corrected chi connectivity index (χ4v) is 5.16. The fourth-order valence-electron chi connectivity index (χ4n) is 4.05. The third kappa shape index (κ3) is 4.91. The Morgan fingerprint density at radius 1 is 1.27 bits per heavy atom. The summed E-state index contributed by atoms with van der Waals surface area (Å²) in [6.07, 6.45) is 6.07. The van der Waals surface area contributed by atoms with Crippen LogP contribution in [0, 0.1) is 5.92 Å². The van der Waals surface area contributed by atoms with Crippen LogP contribution in [0.1, 0.15) is 51.9 Å². The van der Waals surface area contributed by atoms with Crippen LogP contribution in [0.4, 0.5) is 8.78 Å². The summed E-state index contributed by atoms with van der Waals surface area (Å²) in [5, 5.41) is 0. The highest BCUT2D eigenvalue weighted by atomic mass is 32.2. The van der Waals surface area contributed by atoms with Gasteiger partial charge in [0.2, 0.25) is 5.91 Å². The van der Waals surface area contributed by atoms with Crippen molar-refractivity contribution in [2.45, 2.75) is 68.9 Å². The van der Waals surface area contributed by atoms with Gasteiger partial charge >= 0.3 is 6.61 Å². The van der Waals surface area contributed by atoms with Crippen molar-refractivity contribution in [3.8, 4) is 5.75 Å². The van der Waals surface area contributed by atoms with Crippen LogP contribution in [0.5, 0.6) is 5.75 Å². The Morgan fingerprint density at radius 2 is 1.97 bits per heavy atom. The topological polar surface area (TPSA) is 92.8 Å². The van der Waals surface area contributed by atoms with Crippen LogP contribution >= 0.6 is 0 Å². The molecule has 1 aromatic carbocycles. The summed E-state index contributed by atoms with van der Waals surface area (Å²) >= 11 is 0. The van der Waals surface area contributed by atoms with Crippen molar-refractivity contribution in [1.82, 2.24) is 9.62 Å². The van der Waals surface area contributed by atoms with Crippen molar-refractivity contribution in [2.24, 2.45) is 5.92 Å². The number of benzene rings is 1. The van der Waals surface area contributed by atoms with Crippen LogP contribution in [0.2, 0.25) is 0 Å². The molecule has 2 aliphatic rings. The van der Waals surface area contributed by atoms with Crippen molar-refractivity contribution >= 4 is 21.8 Å². The molecule has 1 aliphatic carbocycles. The number of amides is 2. The Hall–Kier alpha value is -2.23. The van der Waals surface area contributed by atoms with Gasteiger partial charge in [-0.2, -0.15) is 8.78 Å². The summed E-state index contributed by atoms with van der Waals surface area (Å²) in [6.45, 7) is -1.17. The molecule has 7 nitrogen and oxygen atoms in total. The number of alkyl halides is 2. The quantitative estimate of drug-likeness (QED) is 0.698. The lowest BCUT2D eigenvalue weighted by Crippen LogP contribution is -2.68. The van der Waals surface area contributed by atoms with Crippen molar-refractivity contribution in [3.63, 3.8) is 0 Å². The molecular formula is C20H26F2N2O5S. The number of sulfonamides is 1. The van der Waals surface area contributed by atoms with Crippen LogP contribution < -0.4 is 9.46 Å². The van der Waals surface area contributed by atoms with E-state index in [1.165, 1.54) is 36.4 Å². The molecule has 166 valence electrons. The van der Waals surface area contributed by atoms with Gasteiger partial charge in [-0.1, -0.05) is 25.3 Å². The molecule has 1 saturated heterocycles. The second kappa shape index (κ2) is 8.87. The molecule has 1 saturated carbocycles. The molecule has 2 fully saturated rings. The molecule has 0 spiro atoms. The maximum absolute atomic E-state index is 12.8. The summed E-state index contributed by atoms with van der Waals surface area (Å²) in [4.78, 5) is 26.5. The van der Waals surface area contributed by atoms with E-state index in [9.17, 15) is 26.8 Å². The minimum absolute atomic E-state index is 0.143. The zero-order valence-corrected chi connectivity index (χ0v) is 17.6. The van der Waals surface area contributed by atoms with Gasteiger partial charge in [0.15, 0.2) is 0 Å². The van der Waals surface area contributed by atoms with E-state index in [2.05, 4.69) is 4.74 Å². The van der Waals surface area contributed by atoms with Gasteiger partial charge in [0, 0.05) is 19.0 Å². The molecule has 1 aliphatic heterocycles. The Morgan fingerprint density at radius 3 is 2.57 bits per heavy atom. The SMILES string of the molecule is CC1(C(=O)NS(=O)(=O)c2cccc(OC(F)F)c2)CCN1C(=O)CC1CCCCC1. The van der Waals surface area contributed by atoms with E-state index in [4.69, 9.17) is 0 Å². The molecular weight excluding hydrogens is 418 g/mol. The minimum atomic E-state index is -4.32. The summed E-state index contributed by atoms with van der Waals surface area (Å²) in [5.41, 5.74) is -1.25. The second-order valence-corrected chi connectivity index (χ2v) is 9.75. The minimum Gasteiger partial charge on any atom is -0.435 e. The highest BCUT2D eigenvalue weighted by Gasteiger charge is 2.50. The molecule has 1 N–H and O–H groups in total. The van der Waals surface area contributed by atoms with E-state index in [1.54, 1.807) is 0 Å². The number of hydrogen-bond donors (Lipinski definition) is 1. The molecule has 1 aromatic rings. The highest BCUT2D eigenvalue weighted by Crippen LogP contribution is 2.34. The normalized spacial score (nSPS) is 22.5. The Kier molecular flexibility index (Phi) is 6.64. The lowest BCUT2D eigenvalue weighted by molar-refractivity contribution is -0.157. The van der Waals surface area contributed by atoms with Gasteiger partial charge in [-0.05, 0) is 44.2 Å². The predicted octanol–water partition coefficient (Wildman–Crippen LogP) is 3.05. The Labute approximate surface area is 174 Å². The van der Waals surface area contributed by atoms with Crippen LogP contribution in [-0.2, 0) is 19.6 Å². The number of likely N-dealkylation sites (tertiary alicyclic amines) is 1. The van der Waals surface area contributed by atoms with Gasteiger partial charge < -0.3 is 9.64 Å². The van der Waals surface area contributed by atoms with Gasteiger partial charge in [-0.25, -0.2) is 13.1 Å². The zero-order valence-electron chi connectivity index (χ0n) is 16.8. The lowest BCUT2D eigenvalue weighted by Gasteiger charge is -2.49. The summed E-state index contributed by atoms with van der Waals surface area (Å²) in [5.74, 6) is -0.985. The van der Waals surface area contributed by atoms with Crippen molar-refractivity contribution in [3.05, 3.63) is 24.3 Å². The predicted molar refractivity (Wildman–Crippen MR) is 104 cm³/mol. The van der Waals surface area contributed by atoms with Gasteiger partial charge in [0.05, 0.1) is 4.90 Å². The fraction of sp³-hybridized carbons (Fsp3) is 0.600. The molecule has 0 bridgehead atoms. The smallest absolute Gasteiger partial charge is 0.387 e. The molecule has 1 atom stereocenters. The number of halogens is 2. The number of ether oxygens (including phenoxy) is 1. The van der Waals surface area contributed by atoms with Crippen LogP contribution in [0.15, 0.2) is 29.2 Å². The zero-order chi connectivity index (χ0) is 21.9. The second-order valence-electron chi connectivity index (χ2n) is 8.07. The number of nitrogens with zero attached hydrogens (tertiary/aromatic N) is 1. The van der Waals surface area contributed by atoms with E-state index < -0.39 is 28.1 Å². The maximum atomic E-state index is 12.8. The Bertz CT molecular complexity index is 902. The first kappa shape index (κ1) is 22.5. The first-order valence-electron chi connectivity index (χ1n) is 10.0. The van der Waals surface area contributed by atoms with Crippen molar-refractivity contribution in [2.75, 3.05) is 6.54 Å². The first-order chi connectivity index (χ1) is 14.1. The number of nitrogens with one attached hydrogen (secondary N) is 1. The largest absolute Gasteiger partial charge is 0.435 e. The average Bonchev–Trinajstić information content (AvgIpc) is 2.66. The highest BCUT2D eigenvalue weighted by molar-refractivity contribution is 7.90. The average molecular weight is 445 g/mol. The summed E-state index contributed by atoms with van der Waals surface area (Å²) in [6, 6.07) is 4.51. The van der Waals surface area contributed by atoms with Crippen LogP contribution in [0.3, 0.4) is 0 Å². The maximum Gasteiger partial charge on any atom is 0.387 e. The van der Waals surface area contributed by atoms with E-state index in [0.717, 1.165) is 31.7 Å². The molecule has 0 aromatic heterocycles. The lowest BCUT2D eigenvalue weighted by atomic mass is 9.82. The Balaban J connectivity index is 1.67. The first-order valence-corrected chi connectivity index (χ1v) is 11.5. The van der Waals surface area contributed by atoms with Crippen LogP contribution in [-0.4, -0.2) is 43.8 Å². The van der Waals surface area contributed by atoms with Gasteiger partial charge in [0.25, 0.3) is 15.9 Å². The van der Waals surface area contributed by atoms with E-state index in [0.29, 0.717) is 25.3 Å². The van der Waals surface area contributed by atoms with Crippen LogP contribution in [0.25, 0.3) is 0 Å². The van der Waals surface area contributed by atoms with Crippen molar-refractivity contribution in [1.29, 1.82) is 0 Å². The van der Waals surface area contributed by atoms with Gasteiger partial charge in [-0.3, -0.25) is 9.59 Å².